The number of benzene rings is 1. The first-order chi connectivity index (χ1) is 12.1. The van der Waals surface area contributed by atoms with Gasteiger partial charge in [0.2, 0.25) is 11.8 Å². The number of carbonyl (C=O) groups excluding carboxylic acids is 2. The van der Waals surface area contributed by atoms with Crippen molar-refractivity contribution in [1.82, 2.24) is 4.98 Å². The molecule has 130 valence electrons. The third kappa shape index (κ3) is 3.99. The number of nitrogens with zero attached hydrogens (tertiary/aromatic N) is 2. The SMILES string of the molecule is CCOc1ccccc1N1C[C@@H](C(=O)Nc2ccc(Br)cn2)CC1=O. The number of nitrogens with one attached hydrogen (secondary N) is 1. The quantitative estimate of drug-likeness (QED) is 0.831. The van der Waals surface area contributed by atoms with E-state index in [1.54, 1.807) is 23.2 Å². The summed E-state index contributed by atoms with van der Waals surface area (Å²) in [5.74, 6) is 0.395. The first-order valence-electron chi connectivity index (χ1n) is 8.03. The number of halogens is 1. The predicted molar refractivity (Wildman–Crippen MR) is 98.6 cm³/mol. The molecule has 2 heterocycles. The van der Waals surface area contributed by atoms with Crippen LogP contribution in [0.15, 0.2) is 47.1 Å². The number of para-hydroxylation sites is 2. The van der Waals surface area contributed by atoms with Gasteiger partial charge in [0.05, 0.1) is 18.2 Å². The summed E-state index contributed by atoms with van der Waals surface area (Å²) in [5.41, 5.74) is 0.700. The molecule has 0 saturated carbocycles. The molecule has 1 aromatic heterocycles. The highest BCUT2D eigenvalue weighted by Crippen LogP contribution is 2.33. The summed E-state index contributed by atoms with van der Waals surface area (Å²) in [6.07, 6.45) is 1.78. The minimum absolute atomic E-state index is 0.0870. The summed E-state index contributed by atoms with van der Waals surface area (Å²) in [5, 5.41) is 2.76. The fraction of sp³-hybridized carbons (Fsp3) is 0.278. The smallest absolute Gasteiger partial charge is 0.230 e. The van der Waals surface area contributed by atoms with Crippen LogP contribution in [0.4, 0.5) is 11.5 Å². The van der Waals surface area contributed by atoms with Crippen molar-refractivity contribution in [2.24, 2.45) is 5.92 Å². The van der Waals surface area contributed by atoms with Crippen molar-refractivity contribution < 1.29 is 14.3 Å². The number of aromatic nitrogens is 1. The largest absolute Gasteiger partial charge is 0.492 e. The molecule has 1 N–H and O–H groups in total. The molecule has 2 amide bonds. The molecule has 25 heavy (non-hydrogen) atoms. The van der Waals surface area contributed by atoms with Gasteiger partial charge in [-0.05, 0) is 47.1 Å². The summed E-state index contributed by atoms with van der Waals surface area (Å²) in [7, 11) is 0. The Morgan fingerprint density at radius 1 is 1.36 bits per heavy atom. The molecule has 3 rings (SSSR count). The lowest BCUT2D eigenvalue weighted by Crippen LogP contribution is -2.28. The van der Waals surface area contributed by atoms with Gasteiger partial charge >= 0.3 is 0 Å². The number of ether oxygens (including phenoxy) is 1. The Kier molecular flexibility index (Phi) is 5.33. The molecule has 0 bridgehead atoms. The molecule has 0 spiro atoms. The molecule has 6 nitrogen and oxygen atoms in total. The molecule has 1 aromatic carbocycles. The molecule has 0 unspecified atom stereocenters. The van der Waals surface area contributed by atoms with E-state index in [9.17, 15) is 9.59 Å². The van der Waals surface area contributed by atoms with E-state index in [1.165, 1.54) is 0 Å². The van der Waals surface area contributed by atoms with Crippen molar-refractivity contribution >= 4 is 39.2 Å². The highest BCUT2D eigenvalue weighted by atomic mass is 79.9. The minimum atomic E-state index is -0.423. The standard InChI is InChI=1S/C18H18BrN3O3/c1-2-25-15-6-4-3-5-14(15)22-11-12(9-17(22)23)18(24)21-16-8-7-13(19)10-20-16/h3-8,10,12H,2,9,11H2,1H3,(H,20,21,24)/t12-/m0/s1. The lowest BCUT2D eigenvalue weighted by Gasteiger charge is -2.20. The zero-order chi connectivity index (χ0) is 17.8. The number of pyridine rings is 1. The zero-order valence-electron chi connectivity index (χ0n) is 13.7. The Morgan fingerprint density at radius 2 is 2.16 bits per heavy atom. The van der Waals surface area contributed by atoms with Gasteiger partial charge in [-0.15, -0.1) is 0 Å². The van der Waals surface area contributed by atoms with Gasteiger partial charge in [0.15, 0.2) is 0 Å². The second-order valence-corrected chi connectivity index (χ2v) is 6.57. The molecular weight excluding hydrogens is 386 g/mol. The van der Waals surface area contributed by atoms with Crippen LogP contribution in [-0.4, -0.2) is 29.9 Å². The second-order valence-electron chi connectivity index (χ2n) is 5.66. The molecule has 7 heteroatoms. The van der Waals surface area contributed by atoms with E-state index in [4.69, 9.17) is 4.74 Å². The number of amides is 2. The Bertz CT molecular complexity index is 779. The van der Waals surface area contributed by atoms with Gasteiger partial charge in [0, 0.05) is 23.6 Å². The first-order valence-corrected chi connectivity index (χ1v) is 8.82. The molecule has 2 aromatic rings. The van der Waals surface area contributed by atoms with Crippen LogP contribution < -0.4 is 15.0 Å². The Balaban J connectivity index is 1.72. The van der Waals surface area contributed by atoms with E-state index in [1.807, 2.05) is 31.2 Å². The van der Waals surface area contributed by atoms with Crippen molar-refractivity contribution in [3.63, 3.8) is 0 Å². The average molecular weight is 404 g/mol. The third-order valence-corrected chi connectivity index (χ3v) is 4.40. The summed E-state index contributed by atoms with van der Waals surface area (Å²) in [6, 6.07) is 10.9. The predicted octanol–water partition coefficient (Wildman–Crippen LogP) is 3.23. The molecular formula is C18H18BrN3O3. The normalized spacial score (nSPS) is 16.8. The Labute approximate surface area is 154 Å². The summed E-state index contributed by atoms with van der Waals surface area (Å²) < 4.78 is 6.42. The van der Waals surface area contributed by atoms with E-state index in [0.29, 0.717) is 30.4 Å². The maximum atomic E-state index is 12.5. The van der Waals surface area contributed by atoms with Crippen molar-refractivity contribution in [2.45, 2.75) is 13.3 Å². The number of hydrogen-bond acceptors (Lipinski definition) is 4. The van der Waals surface area contributed by atoms with Gasteiger partial charge < -0.3 is 15.0 Å². The van der Waals surface area contributed by atoms with Gasteiger partial charge in [-0.2, -0.15) is 0 Å². The Hall–Kier alpha value is -2.41. The summed E-state index contributed by atoms with van der Waals surface area (Å²) >= 11 is 3.30. The molecule has 1 aliphatic heterocycles. The topological polar surface area (TPSA) is 71.5 Å². The molecule has 1 atom stereocenters. The summed E-state index contributed by atoms with van der Waals surface area (Å²) in [6.45, 7) is 2.73. The number of hydrogen-bond donors (Lipinski definition) is 1. The highest BCUT2D eigenvalue weighted by Gasteiger charge is 2.36. The Morgan fingerprint density at radius 3 is 2.88 bits per heavy atom. The minimum Gasteiger partial charge on any atom is -0.492 e. The monoisotopic (exact) mass is 403 g/mol. The fourth-order valence-electron chi connectivity index (χ4n) is 2.75. The van der Waals surface area contributed by atoms with Crippen molar-refractivity contribution in [3.8, 4) is 5.75 Å². The van der Waals surface area contributed by atoms with Gasteiger partial charge in [0.1, 0.15) is 11.6 Å². The van der Waals surface area contributed by atoms with E-state index < -0.39 is 5.92 Å². The van der Waals surface area contributed by atoms with Crippen LogP contribution in [0, 0.1) is 5.92 Å². The van der Waals surface area contributed by atoms with Crippen LogP contribution in [0.1, 0.15) is 13.3 Å². The van der Waals surface area contributed by atoms with Crippen LogP contribution in [-0.2, 0) is 9.59 Å². The van der Waals surface area contributed by atoms with Crippen LogP contribution >= 0.6 is 15.9 Å². The lowest BCUT2D eigenvalue weighted by atomic mass is 10.1. The highest BCUT2D eigenvalue weighted by molar-refractivity contribution is 9.10. The van der Waals surface area contributed by atoms with E-state index >= 15 is 0 Å². The zero-order valence-corrected chi connectivity index (χ0v) is 15.3. The molecule has 0 radical (unpaired) electrons. The number of rotatable bonds is 5. The maximum absolute atomic E-state index is 12.5. The maximum Gasteiger partial charge on any atom is 0.230 e. The number of anilines is 2. The number of carbonyl (C=O) groups is 2. The third-order valence-electron chi connectivity index (χ3n) is 3.93. The second kappa shape index (κ2) is 7.65. The van der Waals surface area contributed by atoms with Crippen molar-refractivity contribution in [3.05, 3.63) is 47.1 Å². The van der Waals surface area contributed by atoms with Crippen LogP contribution in [0.25, 0.3) is 0 Å². The van der Waals surface area contributed by atoms with Crippen molar-refractivity contribution in [2.75, 3.05) is 23.4 Å². The molecule has 1 saturated heterocycles. The first kappa shape index (κ1) is 17.4. The van der Waals surface area contributed by atoms with Crippen LogP contribution in [0.3, 0.4) is 0 Å². The summed E-state index contributed by atoms with van der Waals surface area (Å²) in [4.78, 5) is 30.6. The lowest BCUT2D eigenvalue weighted by molar-refractivity contribution is -0.122. The van der Waals surface area contributed by atoms with E-state index in [-0.39, 0.29) is 18.2 Å². The molecule has 1 aliphatic rings. The average Bonchev–Trinajstić information content (AvgIpc) is 2.99. The van der Waals surface area contributed by atoms with Gasteiger partial charge in [-0.3, -0.25) is 9.59 Å². The van der Waals surface area contributed by atoms with Crippen molar-refractivity contribution in [1.29, 1.82) is 0 Å². The van der Waals surface area contributed by atoms with E-state index in [2.05, 4.69) is 26.2 Å². The molecule has 1 fully saturated rings. The van der Waals surface area contributed by atoms with Crippen LogP contribution in [0.2, 0.25) is 0 Å². The van der Waals surface area contributed by atoms with Gasteiger partial charge in [0.25, 0.3) is 0 Å². The fourth-order valence-corrected chi connectivity index (χ4v) is 2.99. The van der Waals surface area contributed by atoms with Crippen LogP contribution in [0.5, 0.6) is 5.75 Å². The van der Waals surface area contributed by atoms with E-state index in [0.717, 1.165) is 4.47 Å². The molecule has 0 aliphatic carbocycles. The van der Waals surface area contributed by atoms with Gasteiger partial charge in [-0.1, -0.05) is 12.1 Å². The van der Waals surface area contributed by atoms with Gasteiger partial charge in [-0.25, -0.2) is 4.98 Å².